The molecular formula is C17H16Cl2N2O2. The lowest BCUT2D eigenvalue weighted by molar-refractivity contribution is 0.0856. The van der Waals surface area contributed by atoms with Crippen LogP contribution in [-0.4, -0.2) is 10.9 Å². The van der Waals surface area contributed by atoms with Crippen molar-refractivity contribution in [3.63, 3.8) is 0 Å². The van der Waals surface area contributed by atoms with Gasteiger partial charge in [0.1, 0.15) is 0 Å². The van der Waals surface area contributed by atoms with Crippen molar-refractivity contribution < 1.29 is 10.0 Å². The lowest BCUT2D eigenvalue weighted by atomic mass is 9.97. The summed E-state index contributed by atoms with van der Waals surface area (Å²) in [5.74, 6) is 0. The summed E-state index contributed by atoms with van der Waals surface area (Å²) in [4.78, 5) is 5.51. The van der Waals surface area contributed by atoms with Gasteiger partial charge in [-0.25, -0.2) is 0 Å². The first-order valence-electron chi connectivity index (χ1n) is 7.28. The zero-order valence-electron chi connectivity index (χ0n) is 12.2. The molecule has 0 saturated heterocycles. The van der Waals surface area contributed by atoms with Gasteiger partial charge in [-0.1, -0.05) is 52.6 Å². The topological polar surface area (TPSA) is 53.8 Å². The third kappa shape index (κ3) is 4.03. The largest absolute Gasteiger partial charge is 0.387 e. The van der Waals surface area contributed by atoms with Crippen LogP contribution in [0.3, 0.4) is 0 Å². The maximum Gasteiger partial charge on any atom is 0.157 e. The van der Waals surface area contributed by atoms with E-state index in [0.717, 1.165) is 16.8 Å². The number of hydroxylamine groups is 1. The van der Waals surface area contributed by atoms with Crippen molar-refractivity contribution >= 4 is 28.9 Å². The molecule has 0 bridgehead atoms. The third-order valence-corrected chi connectivity index (χ3v) is 4.27. The summed E-state index contributed by atoms with van der Waals surface area (Å²) in [6, 6.07) is 14.7. The average Bonchev–Trinajstić information content (AvgIpc) is 3.01. The van der Waals surface area contributed by atoms with Crippen molar-refractivity contribution in [3.8, 4) is 0 Å². The minimum absolute atomic E-state index is 0.137. The predicted molar refractivity (Wildman–Crippen MR) is 91.1 cm³/mol. The molecule has 2 atom stereocenters. The highest BCUT2D eigenvalue weighted by atomic mass is 35.5. The second kappa shape index (κ2) is 7.32. The third-order valence-electron chi connectivity index (χ3n) is 3.80. The van der Waals surface area contributed by atoms with Crippen LogP contribution < -0.4 is 5.48 Å². The molecule has 0 spiro atoms. The number of oxime groups is 1. The maximum absolute atomic E-state index is 9.44. The lowest BCUT2D eigenvalue weighted by Gasteiger charge is -2.15. The van der Waals surface area contributed by atoms with E-state index in [4.69, 9.17) is 28.0 Å². The van der Waals surface area contributed by atoms with E-state index >= 15 is 0 Å². The quantitative estimate of drug-likeness (QED) is 0.752. The van der Waals surface area contributed by atoms with Gasteiger partial charge in [0.15, 0.2) is 6.10 Å². The highest BCUT2D eigenvalue weighted by molar-refractivity contribution is 6.30. The molecule has 2 N–H and O–H groups in total. The van der Waals surface area contributed by atoms with E-state index in [9.17, 15) is 5.21 Å². The smallest absolute Gasteiger partial charge is 0.157 e. The van der Waals surface area contributed by atoms with E-state index in [1.165, 1.54) is 0 Å². The number of hydrogen-bond donors (Lipinski definition) is 2. The predicted octanol–water partition coefficient (Wildman–Crippen LogP) is 4.92. The van der Waals surface area contributed by atoms with Gasteiger partial charge in [0, 0.05) is 22.9 Å². The molecule has 0 fully saturated rings. The fourth-order valence-corrected chi connectivity index (χ4v) is 3.03. The number of benzene rings is 2. The molecule has 23 heavy (non-hydrogen) atoms. The molecule has 1 aliphatic heterocycles. The molecule has 0 saturated carbocycles. The van der Waals surface area contributed by atoms with E-state index in [1.807, 2.05) is 42.5 Å². The van der Waals surface area contributed by atoms with E-state index in [0.29, 0.717) is 22.9 Å². The Bertz CT molecular complexity index is 721. The standard InChI is InChI=1S/C17H16Cl2N2O2/c18-13-5-1-3-11(7-13)16(20-22)9-15-10-17(23-21-15)12-4-2-6-14(19)8-12/h1-8,16-17,20,22H,9-10H2. The molecule has 6 heteroatoms. The van der Waals surface area contributed by atoms with Crippen molar-refractivity contribution in [1.82, 2.24) is 5.48 Å². The van der Waals surface area contributed by atoms with Gasteiger partial charge in [-0.15, -0.1) is 0 Å². The molecule has 2 aromatic carbocycles. The van der Waals surface area contributed by atoms with Crippen LogP contribution in [0.5, 0.6) is 0 Å². The van der Waals surface area contributed by atoms with Gasteiger partial charge in [-0.05, 0) is 35.4 Å². The normalized spacial score (nSPS) is 18.4. The van der Waals surface area contributed by atoms with Crippen LogP contribution in [-0.2, 0) is 4.84 Å². The number of nitrogens with zero attached hydrogens (tertiary/aromatic N) is 1. The van der Waals surface area contributed by atoms with E-state index in [1.54, 1.807) is 6.07 Å². The van der Waals surface area contributed by atoms with Crippen molar-refractivity contribution in [3.05, 3.63) is 69.7 Å². The van der Waals surface area contributed by atoms with Gasteiger partial charge in [0.05, 0.1) is 11.8 Å². The maximum atomic E-state index is 9.44. The summed E-state index contributed by atoms with van der Waals surface area (Å²) in [6.45, 7) is 0. The average molecular weight is 351 g/mol. The van der Waals surface area contributed by atoms with Crippen LogP contribution >= 0.6 is 23.2 Å². The number of hydrogen-bond acceptors (Lipinski definition) is 4. The Labute approximate surface area is 144 Å². The SMILES string of the molecule is ONC(CC1=NOC(c2cccc(Cl)c2)C1)c1cccc(Cl)c1. The Kier molecular flexibility index (Phi) is 5.18. The second-order valence-corrected chi connectivity index (χ2v) is 6.32. The molecule has 0 aromatic heterocycles. The van der Waals surface area contributed by atoms with Crippen LogP contribution in [0.25, 0.3) is 0 Å². The molecular weight excluding hydrogens is 335 g/mol. The molecule has 3 rings (SSSR count). The van der Waals surface area contributed by atoms with Crippen molar-refractivity contribution in [2.24, 2.45) is 5.16 Å². The minimum atomic E-state index is -0.283. The number of halogens is 2. The van der Waals surface area contributed by atoms with Gasteiger partial charge < -0.3 is 10.0 Å². The van der Waals surface area contributed by atoms with Crippen LogP contribution in [0.15, 0.2) is 53.7 Å². The molecule has 4 nitrogen and oxygen atoms in total. The molecule has 1 heterocycles. The molecule has 2 unspecified atom stereocenters. The Morgan fingerprint density at radius 2 is 1.91 bits per heavy atom. The Balaban J connectivity index is 1.67. The highest BCUT2D eigenvalue weighted by Gasteiger charge is 2.25. The summed E-state index contributed by atoms with van der Waals surface area (Å²) in [5.41, 5.74) is 5.09. The van der Waals surface area contributed by atoms with Gasteiger partial charge in [-0.3, -0.25) is 0 Å². The van der Waals surface area contributed by atoms with Gasteiger partial charge in [0.2, 0.25) is 0 Å². The Morgan fingerprint density at radius 3 is 2.61 bits per heavy atom. The number of rotatable bonds is 5. The summed E-state index contributed by atoms with van der Waals surface area (Å²) in [7, 11) is 0. The van der Waals surface area contributed by atoms with E-state index in [-0.39, 0.29) is 12.1 Å². The van der Waals surface area contributed by atoms with Crippen molar-refractivity contribution in [2.75, 3.05) is 0 Å². The zero-order chi connectivity index (χ0) is 16.2. The first-order valence-corrected chi connectivity index (χ1v) is 8.03. The van der Waals surface area contributed by atoms with Crippen molar-refractivity contribution in [2.45, 2.75) is 25.0 Å². The van der Waals surface area contributed by atoms with Crippen LogP contribution in [0.4, 0.5) is 0 Å². The van der Waals surface area contributed by atoms with Crippen LogP contribution in [0.2, 0.25) is 10.0 Å². The van der Waals surface area contributed by atoms with E-state index < -0.39 is 0 Å². The highest BCUT2D eigenvalue weighted by Crippen LogP contribution is 2.32. The molecule has 2 aromatic rings. The first kappa shape index (κ1) is 16.3. The van der Waals surface area contributed by atoms with Gasteiger partial charge >= 0.3 is 0 Å². The van der Waals surface area contributed by atoms with Crippen LogP contribution in [0.1, 0.15) is 36.1 Å². The molecule has 1 aliphatic rings. The zero-order valence-corrected chi connectivity index (χ0v) is 13.8. The Hall–Kier alpha value is -1.59. The minimum Gasteiger partial charge on any atom is -0.387 e. The summed E-state index contributed by atoms with van der Waals surface area (Å²) in [5, 5.41) is 14.9. The van der Waals surface area contributed by atoms with Gasteiger partial charge in [-0.2, -0.15) is 5.48 Å². The lowest BCUT2D eigenvalue weighted by Crippen LogP contribution is -2.20. The van der Waals surface area contributed by atoms with E-state index in [2.05, 4.69) is 10.6 Å². The monoisotopic (exact) mass is 350 g/mol. The van der Waals surface area contributed by atoms with Crippen LogP contribution in [0, 0.1) is 0 Å². The number of nitrogens with one attached hydrogen (secondary N) is 1. The first-order chi connectivity index (χ1) is 11.2. The molecule has 0 amide bonds. The fraction of sp³-hybridized carbons (Fsp3) is 0.235. The molecule has 0 radical (unpaired) electrons. The molecule has 120 valence electrons. The second-order valence-electron chi connectivity index (χ2n) is 5.45. The fourth-order valence-electron chi connectivity index (χ4n) is 2.63. The Morgan fingerprint density at radius 1 is 1.17 bits per heavy atom. The van der Waals surface area contributed by atoms with Crippen molar-refractivity contribution in [1.29, 1.82) is 0 Å². The molecule has 0 aliphatic carbocycles. The summed E-state index contributed by atoms with van der Waals surface area (Å²) < 4.78 is 0. The van der Waals surface area contributed by atoms with Gasteiger partial charge in [0.25, 0.3) is 0 Å². The summed E-state index contributed by atoms with van der Waals surface area (Å²) in [6.07, 6.45) is 1.06. The summed E-state index contributed by atoms with van der Waals surface area (Å²) >= 11 is 12.0.